The molecular formula is C16H17FN4O5. The number of hydrogen-bond donors (Lipinski definition) is 3. The molecule has 2 heterocycles. The largest absolute Gasteiger partial charge is 0.474 e. The number of carbonyl (C=O) groups excluding carboxylic acids is 1. The molecular weight excluding hydrogens is 347 g/mol. The average Bonchev–Trinajstić information content (AvgIpc) is 3.08. The second-order valence-electron chi connectivity index (χ2n) is 5.59. The van der Waals surface area contributed by atoms with Gasteiger partial charge in [-0.05, 0) is 18.2 Å². The Bertz CT molecular complexity index is 804. The summed E-state index contributed by atoms with van der Waals surface area (Å²) in [5, 5.41) is 12.6. The molecule has 1 aromatic carbocycles. The smallest absolute Gasteiger partial charge is 0.423 e. The van der Waals surface area contributed by atoms with Crippen molar-refractivity contribution < 1.29 is 28.6 Å². The highest BCUT2D eigenvalue weighted by molar-refractivity contribution is 5.95. The molecule has 1 saturated heterocycles. The molecule has 1 fully saturated rings. The van der Waals surface area contributed by atoms with Gasteiger partial charge in [-0.3, -0.25) is 10.2 Å². The first-order valence-electron chi connectivity index (χ1n) is 7.91. The molecule has 10 heteroatoms. The molecule has 0 saturated carbocycles. The van der Waals surface area contributed by atoms with Crippen LogP contribution >= 0.6 is 0 Å². The minimum atomic E-state index is -1.44. The van der Waals surface area contributed by atoms with E-state index >= 15 is 0 Å². The molecule has 1 aliphatic rings. The van der Waals surface area contributed by atoms with Crippen LogP contribution in [0.2, 0.25) is 0 Å². The van der Waals surface area contributed by atoms with Gasteiger partial charge in [-0.25, -0.2) is 19.3 Å². The number of carboxylic acid groups (broad SMARTS) is 1. The van der Waals surface area contributed by atoms with Crippen molar-refractivity contribution in [3.05, 3.63) is 41.8 Å². The molecule has 0 aliphatic carbocycles. The van der Waals surface area contributed by atoms with E-state index in [-0.39, 0.29) is 17.4 Å². The van der Waals surface area contributed by atoms with Crippen LogP contribution in [0, 0.1) is 5.82 Å². The first-order valence-corrected chi connectivity index (χ1v) is 7.91. The fraction of sp³-hybridized carbons (Fsp3) is 0.312. The van der Waals surface area contributed by atoms with Gasteiger partial charge in [0.05, 0.1) is 25.1 Å². The molecule has 2 aromatic rings. The molecule has 9 nitrogen and oxygen atoms in total. The Morgan fingerprint density at radius 2 is 2.04 bits per heavy atom. The van der Waals surface area contributed by atoms with E-state index in [9.17, 15) is 14.0 Å². The van der Waals surface area contributed by atoms with Gasteiger partial charge in [0.15, 0.2) is 0 Å². The summed E-state index contributed by atoms with van der Waals surface area (Å²) in [6, 6.07) is 5.22. The predicted octanol–water partition coefficient (Wildman–Crippen LogP) is 1.48. The third-order valence-electron chi connectivity index (χ3n) is 3.74. The van der Waals surface area contributed by atoms with Crippen molar-refractivity contribution in [3.8, 4) is 11.6 Å². The van der Waals surface area contributed by atoms with Crippen molar-refractivity contribution in [3.63, 3.8) is 0 Å². The van der Waals surface area contributed by atoms with Crippen molar-refractivity contribution >= 4 is 12.0 Å². The van der Waals surface area contributed by atoms with E-state index in [1.54, 1.807) is 11.5 Å². The van der Waals surface area contributed by atoms with Crippen LogP contribution in [0.3, 0.4) is 0 Å². The zero-order chi connectivity index (χ0) is 18.5. The molecule has 3 N–H and O–H groups in total. The lowest BCUT2D eigenvalue weighted by molar-refractivity contribution is 0.0227. The van der Waals surface area contributed by atoms with Crippen LogP contribution in [0.15, 0.2) is 30.5 Å². The van der Waals surface area contributed by atoms with E-state index in [2.05, 4.69) is 5.10 Å². The Balaban J connectivity index is 1.82. The molecule has 2 amide bonds. The lowest BCUT2D eigenvalue weighted by Crippen LogP contribution is -2.40. The molecule has 0 radical (unpaired) electrons. The fourth-order valence-corrected chi connectivity index (χ4v) is 2.55. The Morgan fingerprint density at radius 3 is 2.77 bits per heavy atom. The maximum Gasteiger partial charge on any atom is 0.423 e. The summed E-state index contributed by atoms with van der Waals surface area (Å²) >= 11 is 0. The van der Waals surface area contributed by atoms with Crippen LogP contribution in [0.1, 0.15) is 23.2 Å². The zero-order valence-electron chi connectivity index (χ0n) is 13.6. The van der Waals surface area contributed by atoms with Crippen LogP contribution in [-0.4, -0.2) is 46.2 Å². The van der Waals surface area contributed by atoms with Gasteiger partial charge in [0.1, 0.15) is 11.9 Å². The molecule has 0 bridgehead atoms. The molecule has 0 unspecified atom stereocenters. The summed E-state index contributed by atoms with van der Waals surface area (Å²) in [7, 11) is 0. The van der Waals surface area contributed by atoms with E-state index < -0.39 is 17.8 Å². The van der Waals surface area contributed by atoms with Crippen molar-refractivity contribution in [1.82, 2.24) is 20.6 Å². The second-order valence-corrected chi connectivity index (χ2v) is 5.59. The van der Waals surface area contributed by atoms with Gasteiger partial charge >= 0.3 is 6.09 Å². The predicted molar refractivity (Wildman–Crippen MR) is 86.6 cm³/mol. The number of aromatic nitrogens is 2. The Kier molecular flexibility index (Phi) is 5.32. The van der Waals surface area contributed by atoms with Crippen molar-refractivity contribution in [2.24, 2.45) is 0 Å². The lowest BCUT2D eigenvalue weighted by atomic mass is 10.1. The Labute approximate surface area is 147 Å². The molecule has 3 rings (SSSR count). The third-order valence-corrected chi connectivity index (χ3v) is 3.74. The first-order chi connectivity index (χ1) is 12.5. The number of ether oxygens (including phenoxy) is 2. The van der Waals surface area contributed by atoms with E-state index in [4.69, 9.17) is 14.6 Å². The molecule has 0 atom stereocenters. The Hall–Kier alpha value is -3.14. The number of nitrogens with zero attached hydrogens (tertiary/aromatic N) is 2. The van der Waals surface area contributed by atoms with E-state index in [0.29, 0.717) is 19.1 Å². The monoisotopic (exact) mass is 364 g/mol. The number of rotatable bonds is 4. The van der Waals surface area contributed by atoms with Gasteiger partial charge in [-0.15, -0.1) is 0 Å². The van der Waals surface area contributed by atoms with E-state index in [0.717, 1.165) is 18.9 Å². The minimum absolute atomic E-state index is 0.0321. The van der Waals surface area contributed by atoms with Gasteiger partial charge in [0, 0.05) is 24.5 Å². The van der Waals surface area contributed by atoms with Gasteiger partial charge < -0.3 is 14.6 Å². The van der Waals surface area contributed by atoms with Gasteiger partial charge in [0.2, 0.25) is 5.88 Å². The van der Waals surface area contributed by atoms with E-state index in [1.165, 1.54) is 23.0 Å². The van der Waals surface area contributed by atoms with Crippen LogP contribution in [0.25, 0.3) is 5.69 Å². The minimum Gasteiger partial charge on any atom is -0.474 e. The maximum atomic E-state index is 14.0. The molecule has 0 spiro atoms. The quantitative estimate of drug-likeness (QED) is 0.708. The zero-order valence-corrected chi connectivity index (χ0v) is 13.6. The number of halogens is 1. The van der Waals surface area contributed by atoms with Gasteiger partial charge in [-0.2, -0.15) is 5.10 Å². The van der Waals surface area contributed by atoms with Crippen LogP contribution in [0.4, 0.5) is 9.18 Å². The molecule has 138 valence electrons. The summed E-state index contributed by atoms with van der Waals surface area (Å²) in [4.78, 5) is 22.4. The number of amides is 2. The number of benzene rings is 1. The molecule has 26 heavy (non-hydrogen) atoms. The summed E-state index contributed by atoms with van der Waals surface area (Å²) in [6.07, 6.45) is 1.52. The number of hydrazine groups is 1. The SMILES string of the molecule is O=C(O)NNC(=O)c1cc(F)cc(-n2nccc2OC2CCOCC2)c1. The fourth-order valence-electron chi connectivity index (χ4n) is 2.55. The highest BCUT2D eigenvalue weighted by Crippen LogP contribution is 2.22. The summed E-state index contributed by atoms with van der Waals surface area (Å²) < 4.78 is 26.5. The van der Waals surface area contributed by atoms with Crippen LogP contribution < -0.4 is 15.6 Å². The van der Waals surface area contributed by atoms with Crippen molar-refractivity contribution in [1.29, 1.82) is 0 Å². The number of carbonyl (C=O) groups is 2. The lowest BCUT2D eigenvalue weighted by Gasteiger charge is -2.23. The summed E-state index contributed by atoms with van der Waals surface area (Å²) in [5.74, 6) is -1.06. The van der Waals surface area contributed by atoms with E-state index in [1.807, 2.05) is 5.43 Å². The second kappa shape index (κ2) is 7.83. The number of hydrogen-bond acceptors (Lipinski definition) is 5. The van der Waals surface area contributed by atoms with Gasteiger partial charge in [-0.1, -0.05) is 0 Å². The molecule has 1 aliphatic heterocycles. The maximum absolute atomic E-state index is 14.0. The average molecular weight is 364 g/mol. The summed E-state index contributed by atoms with van der Waals surface area (Å²) in [5.41, 5.74) is 3.87. The van der Waals surface area contributed by atoms with Crippen LogP contribution in [-0.2, 0) is 4.74 Å². The normalized spacial score (nSPS) is 14.7. The van der Waals surface area contributed by atoms with Crippen molar-refractivity contribution in [2.45, 2.75) is 18.9 Å². The number of nitrogens with one attached hydrogen (secondary N) is 2. The van der Waals surface area contributed by atoms with Crippen molar-refractivity contribution in [2.75, 3.05) is 13.2 Å². The topological polar surface area (TPSA) is 115 Å². The molecule has 1 aromatic heterocycles. The van der Waals surface area contributed by atoms with Gasteiger partial charge in [0.25, 0.3) is 5.91 Å². The van der Waals surface area contributed by atoms with Crippen LogP contribution in [0.5, 0.6) is 5.88 Å². The summed E-state index contributed by atoms with van der Waals surface area (Å²) in [6.45, 7) is 1.22. The first kappa shape index (κ1) is 17.7. The highest BCUT2D eigenvalue weighted by Gasteiger charge is 2.19. The highest BCUT2D eigenvalue weighted by atomic mass is 19.1. The standard InChI is InChI=1S/C16H17FN4O5/c17-11-7-10(15(22)19-20-16(23)24)8-12(9-11)21-14(1-4-18-21)26-13-2-5-25-6-3-13/h1,4,7-9,13,20H,2-3,5-6H2,(H,19,22)(H,23,24). The Morgan fingerprint density at radius 1 is 1.27 bits per heavy atom. The third kappa shape index (κ3) is 4.28.